The van der Waals surface area contributed by atoms with Crippen LogP contribution < -0.4 is 5.32 Å². The van der Waals surface area contributed by atoms with E-state index in [1.165, 1.54) is 0 Å². The molecule has 0 amide bonds. The monoisotopic (exact) mass is 284 g/mol. The summed E-state index contributed by atoms with van der Waals surface area (Å²) in [6, 6.07) is 3.73. The number of rotatable bonds is 6. The third kappa shape index (κ3) is 3.58. The molecule has 0 aliphatic rings. The number of hydrogen-bond acceptors (Lipinski definition) is 4. The van der Waals surface area contributed by atoms with Gasteiger partial charge in [0.2, 0.25) is 0 Å². The minimum Gasteiger partial charge on any atom is -0.392 e. The second kappa shape index (κ2) is 6.37. The maximum Gasteiger partial charge on any atom is 0.154 e. The Labute approximate surface area is 124 Å². The van der Waals surface area contributed by atoms with E-state index in [4.69, 9.17) is 0 Å². The van der Waals surface area contributed by atoms with Crippen molar-refractivity contribution in [1.29, 1.82) is 0 Å². The van der Waals surface area contributed by atoms with Gasteiger partial charge in [-0.3, -0.25) is 0 Å². The van der Waals surface area contributed by atoms with Crippen LogP contribution in [0.3, 0.4) is 0 Å². The molecule has 2 aromatic heterocycles. The summed E-state index contributed by atoms with van der Waals surface area (Å²) in [5, 5.41) is 16.9. The van der Waals surface area contributed by atoms with Gasteiger partial charge < -0.3 is 10.4 Å². The van der Waals surface area contributed by atoms with E-state index >= 15 is 0 Å². The predicted molar refractivity (Wildman–Crippen MR) is 86.1 cm³/mol. The van der Waals surface area contributed by atoms with Gasteiger partial charge in [-0.1, -0.05) is 25.3 Å². The van der Waals surface area contributed by atoms with Gasteiger partial charge in [-0.25, -0.2) is 9.50 Å². The maximum atomic E-state index is 9.32. The zero-order valence-corrected chi connectivity index (χ0v) is 12.4. The molecule has 0 saturated carbocycles. The molecule has 5 nitrogen and oxygen atoms in total. The van der Waals surface area contributed by atoms with Crippen molar-refractivity contribution in [3.63, 3.8) is 0 Å². The molecule has 5 heteroatoms. The number of fused-ring (bicyclic) bond motifs is 1. The topological polar surface area (TPSA) is 62.5 Å². The first-order valence-corrected chi connectivity index (χ1v) is 6.78. The Morgan fingerprint density at radius 3 is 2.95 bits per heavy atom. The van der Waals surface area contributed by atoms with Crippen LogP contribution >= 0.6 is 0 Å². The number of nitrogens with one attached hydrogen (secondary N) is 1. The number of anilines is 1. The second-order valence-electron chi connectivity index (χ2n) is 4.97. The fourth-order valence-corrected chi connectivity index (χ4v) is 1.90. The molecule has 0 radical (unpaired) electrons. The maximum absolute atomic E-state index is 9.32. The molecule has 2 N–H and O–H groups in total. The highest BCUT2D eigenvalue weighted by Gasteiger charge is 2.07. The highest BCUT2D eigenvalue weighted by Crippen LogP contribution is 2.18. The van der Waals surface area contributed by atoms with Crippen LogP contribution in [0.4, 0.5) is 5.82 Å². The van der Waals surface area contributed by atoms with Gasteiger partial charge in [0.15, 0.2) is 5.65 Å². The number of aliphatic hydroxyl groups is 1. The Hall–Kier alpha value is -2.40. The van der Waals surface area contributed by atoms with Crippen LogP contribution in [-0.2, 0) is 0 Å². The summed E-state index contributed by atoms with van der Waals surface area (Å²) >= 11 is 0. The van der Waals surface area contributed by atoms with Crippen molar-refractivity contribution in [3.8, 4) is 0 Å². The summed E-state index contributed by atoms with van der Waals surface area (Å²) < 4.78 is 1.77. The summed E-state index contributed by atoms with van der Waals surface area (Å²) in [6.45, 7) is 11.7. The largest absolute Gasteiger partial charge is 0.392 e. The van der Waals surface area contributed by atoms with E-state index in [-0.39, 0.29) is 0 Å². The van der Waals surface area contributed by atoms with Crippen LogP contribution in [0.15, 0.2) is 49.2 Å². The quantitative estimate of drug-likeness (QED) is 0.801. The van der Waals surface area contributed by atoms with Crippen LogP contribution in [0.25, 0.3) is 11.2 Å². The summed E-state index contributed by atoms with van der Waals surface area (Å²) in [6.07, 6.45) is 4.99. The van der Waals surface area contributed by atoms with Crippen LogP contribution in [-0.4, -0.2) is 32.4 Å². The zero-order valence-electron chi connectivity index (χ0n) is 12.4. The van der Waals surface area contributed by atoms with Gasteiger partial charge in [0, 0.05) is 6.54 Å². The minimum atomic E-state index is -0.428. The average molecular weight is 284 g/mol. The van der Waals surface area contributed by atoms with E-state index in [2.05, 4.69) is 28.6 Å². The van der Waals surface area contributed by atoms with Crippen molar-refractivity contribution in [2.75, 3.05) is 11.9 Å². The Morgan fingerprint density at radius 2 is 2.29 bits per heavy atom. The highest BCUT2D eigenvalue weighted by atomic mass is 16.3. The van der Waals surface area contributed by atoms with E-state index < -0.39 is 6.10 Å². The van der Waals surface area contributed by atoms with Crippen LogP contribution in [0.2, 0.25) is 0 Å². The molecule has 0 bridgehead atoms. The van der Waals surface area contributed by atoms with Crippen molar-refractivity contribution in [1.82, 2.24) is 14.6 Å². The van der Waals surface area contributed by atoms with Gasteiger partial charge in [-0.2, -0.15) is 0 Å². The number of imidazole rings is 1. The second-order valence-corrected chi connectivity index (χ2v) is 4.97. The molecule has 21 heavy (non-hydrogen) atoms. The molecule has 2 aromatic rings. The smallest absolute Gasteiger partial charge is 0.154 e. The normalized spacial score (nSPS) is 13.2. The van der Waals surface area contributed by atoms with E-state index in [9.17, 15) is 5.11 Å². The van der Waals surface area contributed by atoms with Crippen molar-refractivity contribution in [2.45, 2.75) is 20.0 Å². The Kier molecular flexibility index (Phi) is 4.55. The number of aliphatic hydroxyl groups excluding tert-OH is 1. The number of allylic oxidation sites excluding steroid dienone is 4. The molecule has 0 spiro atoms. The van der Waals surface area contributed by atoms with Crippen LogP contribution in [0, 0.1) is 0 Å². The molecule has 110 valence electrons. The number of aromatic nitrogens is 3. The fourth-order valence-electron chi connectivity index (χ4n) is 1.90. The van der Waals surface area contributed by atoms with Crippen molar-refractivity contribution in [2.24, 2.45) is 0 Å². The summed E-state index contributed by atoms with van der Waals surface area (Å²) in [5.74, 6) is 0.693. The molecule has 0 fully saturated rings. The molecule has 2 heterocycles. The van der Waals surface area contributed by atoms with Crippen LogP contribution in [0.1, 0.15) is 19.5 Å². The van der Waals surface area contributed by atoms with E-state index in [1.54, 1.807) is 23.7 Å². The van der Waals surface area contributed by atoms with E-state index in [0.29, 0.717) is 12.4 Å². The molecular weight excluding hydrogens is 264 g/mol. The molecule has 1 unspecified atom stereocenters. The summed E-state index contributed by atoms with van der Waals surface area (Å²) in [4.78, 5) is 4.34. The molecule has 0 aliphatic heterocycles. The number of nitrogens with zero attached hydrogens (tertiary/aromatic N) is 3. The average Bonchev–Trinajstić information content (AvgIpc) is 2.87. The van der Waals surface area contributed by atoms with E-state index in [0.717, 1.165) is 22.5 Å². The third-order valence-corrected chi connectivity index (χ3v) is 3.01. The SMILES string of the molecule is C=CC(=C)/C=C(\C)c1cnc2ccc(NCC(C)O)nn12. The van der Waals surface area contributed by atoms with Gasteiger partial charge in [0.25, 0.3) is 0 Å². The van der Waals surface area contributed by atoms with Gasteiger partial charge in [0.1, 0.15) is 5.82 Å². The highest BCUT2D eigenvalue weighted by molar-refractivity contribution is 5.66. The first-order chi connectivity index (χ1) is 10.0. The van der Waals surface area contributed by atoms with Crippen molar-refractivity contribution >= 4 is 17.0 Å². The fraction of sp³-hybridized carbons (Fsp3) is 0.250. The van der Waals surface area contributed by atoms with E-state index in [1.807, 2.05) is 25.1 Å². The molecular formula is C16H20N4O. The lowest BCUT2D eigenvalue weighted by atomic mass is 10.1. The van der Waals surface area contributed by atoms with Crippen molar-refractivity contribution < 1.29 is 5.11 Å². The van der Waals surface area contributed by atoms with Crippen molar-refractivity contribution in [3.05, 3.63) is 54.9 Å². The lowest BCUT2D eigenvalue weighted by Crippen LogP contribution is -2.16. The summed E-state index contributed by atoms with van der Waals surface area (Å²) in [5.41, 5.74) is 3.51. The lowest BCUT2D eigenvalue weighted by molar-refractivity contribution is 0.208. The van der Waals surface area contributed by atoms with Gasteiger partial charge >= 0.3 is 0 Å². The minimum absolute atomic E-state index is 0.428. The molecule has 0 saturated heterocycles. The molecule has 2 rings (SSSR count). The molecule has 0 aromatic carbocycles. The standard InChI is InChI=1S/C16H20N4O/c1-5-11(2)8-12(3)14-10-18-16-7-6-15(19-20(14)16)17-9-13(4)21/h5-8,10,13,21H,1-2,9H2,3-4H3,(H,17,19)/b12-8+. The Balaban J connectivity index is 2.37. The molecule has 1 atom stereocenters. The Bertz CT molecular complexity index is 697. The predicted octanol–water partition coefficient (Wildman–Crippen LogP) is 2.67. The third-order valence-electron chi connectivity index (χ3n) is 3.01. The first kappa shape index (κ1) is 15.0. The first-order valence-electron chi connectivity index (χ1n) is 6.78. The zero-order chi connectivity index (χ0) is 15.4. The summed E-state index contributed by atoms with van der Waals surface area (Å²) in [7, 11) is 0. The van der Waals surface area contributed by atoms with Crippen LogP contribution in [0.5, 0.6) is 0 Å². The molecule has 0 aliphatic carbocycles. The Morgan fingerprint density at radius 1 is 1.52 bits per heavy atom. The van der Waals surface area contributed by atoms with Gasteiger partial charge in [-0.05, 0) is 37.1 Å². The lowest BCUT2D eigenvalue weighted by Gasteiger charge is -2.08. The van der Waals surface area contributed by atoms with Gasteiger partial charge in [-0.15, -0.1) is 5.10 Å². The number of hydrogen-bond donors (Lipinski definition) is 2. The van der Waals surface area contributed by atoms with Gasteiger partial charge in [0.05, 0.1) is 18.0 Å².